The van der Waals surface area contributed by atoms with Gasteiger partial charge in [-0.1, -0.05) is 13.8 Å². The minimum absolute atomic E-state index is 0.0181. The SMILES string of the molecule is CC(CC(=O)I)[P+](=O)OCC(C)(C)CO. The average Bonchev–Trinajstić information content (AvgIpc) is 2.13. The van der Waals surface area contributed by atoms with E-state index >= 15 is 0 Å². The second-order valence-electron chi connectivity index (χ2n) is 4.29. The van der Waals surface area contributed by atoms with E-state index in [9.17, 15) is 9.36 Å². The normalized spacial score (nSPS) is 14.9. The fraction of sp³-hybridized carbons (Fsp3) is 0.889. The summed E-state index contributed by atoms with van der Waals surface area (Å²) in [6.45, 7) is 5.59. The first-order valence-electron chi connectivity index (χ1n) is 4.67. The Bertz CT molecular complexity index is 242. The lowest BCUT2D eigenvalue weighted by atomic mass is 9.97. The molecule has 0 saturated carbocycles. The van der Waals surface area contributed by atoms with Crippen molar-refractivity contribution in [2.24, 2.45) is 5.41 Å². The molecule has 0 saturated heterocycles. The van der Waals surface area contributed by atoms with Gasteiger partial charge in [-0.05, 0) is 34.1 Å². The Labute approximate surface area is 105 Å². The largest absolute Gasteiger partial charge is 0.511 e. The van der Waals surface area contributed by atoms with Crippen molar-refractivity contribution in [2.45, 2.75) is 32.9 Å². The molecule has 2 unspecified atom stereocenters. The number of hydrogen-bond donors (Lipinski definition) is 1. The fourth-order valence-electron chi connectivity index (χ4n) is 0.718. The Morgan fingerprint density at radius 2 is 2.13 bits per heavy atom. The zero-order valence-electron chi connectivity index (χ0n) is 9.20. The van der Waals surface area contributed by atoms with Gasteiger partial charge < -0.3 is 5.11 Å². The third-order valence-electron chi connectivity index (χ3n) is 1.83. The zero-order valence-corrected chi connectivity index (χ0v) is 12.2. The van der Waals surface area contributed by atoms with Gasteiger partial charge in [-0.3, -0.25) is 4.79 Å². The zero-order chi connectivity index (χ0) is 12.1. The maximum absolute atomic E-state index is 11.5. The maximum atomic E-state index is 11.5. The molecule has 0 radical (unpaired) electrons. The van der Waals surface area contributed by atoms with E-state index in [0.717, 1.165) is 0 Å². The first kappa shape index (κ1) is 15.4. The molecule has 15 heavy (non-hydrogen) atoms. The van der Waals surface area contributed by atoms with E-state index in [1.807, 2.05) is 13.8 Å². The van der Waals surface area contributed by atoms with Crippen molar-refractivity contribution >= 4 is 34.4 Å². The van der Waals surface area contributed by atoms with Gasteiger partial charge in [0.15, 0.2) is 9.45 Å². The maximum Gasteiger partial charge on any atom is 0.511 e. The van der Waals surface area contributed by atoms with Gasteiger partial charge in [-0.2, -0.15) is 0 Å². The molecule has 0 aromatic rings. The Balaban J connectivity index is 3.98. The van der Waals surface area contributed by atoms with E-state index in [2.05, 4.69) is 0 Å². The number of hydrogen-bond acceptors (Lipinski definition) is 4. The van der Waals surface area contributed by atoms with E-state index in [4.69, 9.17) is 9.63 Å². The number of aliphatic hydroxyl groups excluding tert-OH is 1. The second kappa shape index (κ2) is 6.89. The van der Waals surface area contributed by atoms with Crippen LogP contribution in [-0.2, 0) is 13.9 Å². The third-order valence-corrected chi connectivity index (χ3v) is 3.55. The van der Waals surface area contributed by atoms with Crippen molar-refractivity contribution in [2.75, 3.05) is 13.2 Å². The molecule has 0 spiro atoms. The highest BCUT2D eigenvalue weighted by Gasteiger charge is 2.32. The molecule has 0 amide bonds. The highest BCUT2D eigenvalue weighted by molar-refractivity contribution is 14.1. The van der Waals surface area contributed by atoms with E-state index in [1.54, 1.807) is 29.5 Å². The van der Waals surface area contributed by atoms with E-state index < -0.39 is 8.03 Å². The smallest absolute Gasteiger partial charge is 0.396 e. The van der Waals surface area contributed by atoms with Crippen LogP contribution >= 0.6 is 30.6 Å². The molecule has 4 nitrogen and oxygen atoms in total. The summed E-state index contributed by atoms with van der Waals surface area (Å²) in [6.07, 6.45) is 0.259. The van der Waals surface area contributed by atoms with Gasteiger partial charge in [0, 0.05) is 5.41 Å². The molecule has 0 aromatic carbocycles. The van der Waals surface area contributed by atoms with Gasteiger partial charge >= 0.3 is 8.03 Å². The molecule has 0 aliphatic heterocycles. The van der Waals surface area contributed by atoms with Crippen LogP contribution in [0.25, 0.3) is 0 Å². The number of rotatable bonds is 7. The molecule has 88 valence electrons. The van der Waals surface area contributed by atoms with Crippen molar-refractivity contribution in [3.63, 3.8) is 0 Å². The molecular weight excluding hydrogens is 330 g/mol. The predicted octanol–water partition coefficient (Wildman–Crippen LogP) is 2.50. The van der Waals surface area contributed by atoms with Crippen LogP contribution in [0.3, 0.4) is 0 Å². The van der Waals surface area contributed by atoms with Crippen LogP contribution in [0.4, 0.5) is 0 Å². The number of carbonyl (C=O) groups excluding carboxylic acids is 1. The van der Waals surface area contributed by atoms with E-state index in [0.29, 0.717) is 0 Å². The minimum Gasteiger partial charge on any atom is -0.396 e. The van der Waals surface area contributed by atoms with Gasteiger partial charge in [0.05, 0.1) is 13.0 Å². The van der Waals surface area contributed by atoms with Crippen LogP contribution < -0.4 is 0 Å². The van der Waals surface area contributed by atoms with Crippen molar-refractivity contribution < 1.29 is 19.0 Å². The van der Waals surface area contributed by atoms with Crippen molar-refractivity contribution in [3.05, 3.63) is 0 Å². The lowest BCUT2D eigenvalue weighted by molar-refractivity contribution is -0.109. The van der Waals surface area contributed by atoms with E-state index in [1.165, 1.54) is 0 Å². The van der Waals surface area contributed by atoms with Gasteiger partial charge in [-0.15, -0.1) is 4.52 Å². The topological polar surface area (TPSA) is 63.6 Å². The predicted molar refractivity (Wildman–Crippen MR) is 67.5 cm³/mol. The van der Waals surface area contributed by atoms with Gasteiger partial charge in [0.2, 0.25) is 0 Å². The summed E-state index contributed by atoms with van der Waals surface area (Å²) in [5.74, 6) is 0. The summed E-state index contributed by atoms with van der Waals surface area (Å²) in [7, 11) is -1.83. The molecular formula is C9H17IO4P+. The molecule has 0 rings (SSSR count). The monoisotopic (exact) mass is 347 g/mol. The highest BCUT2D eigenvalue weighted by Crippen LogP contribution is 2.34. The summed E-state index contributed by atoms with van der Waals surface area (Å²) >= 11 is 1.68. The molecule has 0 aromatic heterocycles. The van der Waals surface area contributed by atoms with E-state index in [-0.39, 0.29) is 34.5 Å². The molecule has 0 bridgehead atoms. The van der Waals surface area contributed by atoms with Gasteiger partial charge in [-0.25, -0.2) is 0 Å². The van der Waals surface area contributed by atoms with Crippen LogP contribution in [-0.4, -0.2) is 27.8 Å². The summed E-state index contributed by atoms with van der Waals surface area (Å²) in [6, 6.07) is 0. The van der Waals surface area contributed by atoms with Crippen LogP contribution in [0.15, 0.2) is 0 Å². The highest BCUT2D eigenvalue weighted by atomic mass is 127. The molecule has 0 heterocycles. The fourth-order valence-corrected chi connectivity index (χ4v) is 2.77. The summed E-state index contributed by atoms with van der Waals surface area (Å²) in [4.78, 5) is 10.8. The number of carbonyl (C=O) groups is 1. The molecule has 0 fully saturated rings. The van der Waals surface area contributed by atoms with Crippen molar-refractivity contribution in [3.8, 4) is 0 Å². The quantitative estimate of drug-likeness (QED) is 0.437. The number of halogens is 1. The average molecular weight is 347 g/mol. The summed E-state index contributed by atoms with van der Waals surface area (Å²) in [5.41, 5.74) is -0.655. The third kappa shape index (κ3) is 7.33. The molecule has 0 aliphatic rings. The lowest BCUT2D eigenvalue weighted by Crippen LogP contribution is -2.22. The Morgan fingerprint density at radius 1 is 1.60 bits per heavy atom. The van der Waals surface area contributed by atoms with Crippen LogP contribution in [0.2, 0.25) is 0 Å². The van der Waals surface area contributed by atoms with Gasteiger partial charge in [0.1, 0.15) is 6.61 Å². The van der Waals surface area contributed by atoms with Crippen LogP contribution in [0.5, 0.6) is 0 Å². The van der Waals surface area contributed by atoms with Crippen LogP contribution in [0.1, 0.15) is 27.2 Å². The van der Waals surface area contributed by atoms with Gasteiger partial charge in [0.25, 0.3) is 0 Å². The summed E-state index contributed by atoms with van der Waals surface area (Å²) in [5, 5.41) is 8.96. The Morgan fingerprint density at radius 3 is 2.53 bits per heavy atom. The lowest BCUT2D eigenvalue weighted by Gasteiger charge is -2.17. The first-order chi connectivity index (χ1) is 6.78. The standard InChI is InChI=1S/C9H17IO4P/c1-7(4-8(10)12)15(13)14-6-9(2,3)5-11/h7,11H,4-6H2,1-3H3/q+1. The van der Waals surface area contributed by atoms with Crippen molar-refractivity contribution in [1.29, 1.82) is 0 Å². The van der Waals surface area contributed by atoms with Crippen LogP contribution in [0, 0.1) is 5.41 Å². The number of aliphatic hydroxyl groups is 1. The molecule has 6 heteroatoms. The molecule has 0 aliphatic carbocycles. The molecule has 1 N–H and O–H groups in total. The summed E-state index contributed by atoms with van der Waals surface area (Å²) < 4.78 is 16.7. The molecule has 2 atom stereocenters. The Hall–Kier alpha value is 0.420. The second-order valence-corrected chi connectivity index (χ2v) is 7.20. The first-order valence-corrected chi connectivity index (χ1v) is 6.99. The minimum atomic E-state index is -1.83. The Kier molecular flexibility index (Phi) is 7.08. The van der Waals surface area contributed by atoms with Crippen molar-refractivity contribution in [1.82, 2.24) is 0 Å².